The molecule has 0 spiro atoms. The fourth-order valence-electron chi connectivity index (χ4n) is 6.60. The highest BCUT2D eigenvalue weighted by Crippen LogP contribution is 2.34. The molecule has 8 unspecified atom stereocenters. The number of imidazole rings is 2. The first-order chi connectivity index (χ1) is 30.6. The number of terminal acetylenes is 2. The van der Waals surface area contributed by atoms with Crippen LogP contribution in [0.2, 0.25) is 0 Å². The van der Waals surface area contributed by atoms with E-state index in [4.69, 9.17) is 26.5 Å². The Hall–Kier alpha value is -6.68. The van der Waals surface area contributed by atoms with Crippen molar-refractivity contribution < 1.29 is 50.9 Å². The monoisotopic (exact) mass is 913 g/mol. The van der Waals surface area contributed by atoms with Gasteiger partial charge in [-0.3, -0.25) is 13.3 Å². The molecule has 4 aromatic heterocycles. The molecule has 6 aromatic rings. The fourth-order valence-corrected chi connectivity index (χ4v) is 7.53. The number of aliphatic hydroxyl groups is 4. The molecule has 6 heterocycles. The smallest absolute Gasteiger partial charge is 0.289 e. The normalized spacial score (nSPS) is 23.2. The number of nitrogens with one attached hydrogen (secondary N) is 3. The molecule has 64 heavy (non-hydrogen) atoms. The zero-order chi connectivity index (χ0) is 45.8. The number of aliphatic hydroxyl groups excluding tert-OH is 4. The van der Waals surface area contributed by atoms with Crippen molar-refractivity contribution >= 4 is 65.5 Å². The van der Waals surface area contributed by atoms with Crippen LogP contribution in [0.3, 0.4) is 0 Å². The van der Waals surface area contributed by atoms with Gasteiger partial charge in [-0.1, -0.05) is 37.1 Å². The van der Waals surface area contributed by atoms with E-state index in [1.807, 2.05) is 12.1 Å². The number of hydrogen-bond acceptors (Lipinski definition) is 19. The van der Waals surface area contributed by atoms with Crippen molar-refractivity contribution in [1.29, 1.82) is 0 Å². The Morgan fingerprint density at radius 2 is 1.19 bits per heavy atom. The Balaban J connectivity index is 0.000000191. The van der Waals surface area contributed by atoms with Crippen LogP contribution in [0.25, 0.3) is 22.3 Å². The third-order valence-electron chi connectivity index (χ3n) is 9.83. The average Bonchev–Trinajstić information content (AvgIpc) is 4.07. The molecule has 8 rings (SSSR count). The second kappa shape index (κ2) is 19.0. The SMILES string of the molecule is C#Cc1cccc(Nc2ncnc3c2ncn3C2OC(CNS(=O)(=O)C=C)C(O)C2O)c1.C#Cc1cccc(Nc2ncnc3c2ncn3C2OC(COS(=O)(=O)C=C)C(O)C2O)c1. The fraction of sp³-hybridized carbons (Fsp3) is 0.250. The Kier molecular flexibility index (Phi) is 13.4. The maximum absolute atomic E-state index is 11.6. The molecule has 0 saturated carbocycles. The molecule has 7 N–H and O–H groups in total. The van der Waals surface area contributed by atoms with Gasteiger partial charge in [0.1, 0.15) is 49.3 Å². The van der Waals surface area contributed by atoms with Crippen molar-refractivity contribution in [3.63, 3.8) is 0 Å². The molecule has 0 aliphatic carbocycles. The maximum atomic E-state index is 11.6. The highest BCUT2D eigenvalue weighted by atomic mass is 32.2. The Bertz CT molecular complexity index is 2800. The second-order valence-corrected chi connectivity index (χ2v) is 17.2. The summed E-state index contributed by atoms with van der Waals surface area (Å²) >= 11 is 0. The number of sulfonamides is 1. The molecular weight excluding hydrogens is 875 g/mol. The van der Waals surface area contributed by atoms with E-state index in [-0.39, 0.29) is 6.54 Å². The van der Waals surface area contributed by atoms with Crippen LogP contribution in [0.5, 0.6) is 0 Å². The van der Waals surface area contributed by atoms with E-state index in [1.54, 1.807) is 36.4 Å². The number of fused-ring (bicyclic) bond motifs is 2. The lowest BCUT2D eigenvalue weighted by atomic mass is 10.1. The molecule has 24 heteroatoms. The van der Waals surface area contributed by atoms with Crippen LogP contribution in [0.15, 0.2) is 97.8 Å². The van der Waals surface area contributed by atoms with E-state index in [0.29, 0.717) is 61.9 Å². The summed E-state index contributed by atoms with van der Waals surface area (Å²) in [6.45, 7) is 5.60. The molecule has 0 radical (unpaired) electrons. The Labute approximate surface area is 365 Å². The number of nitrogens with zero attached hydrogens (tertiary/aromatic N) is 8. The van der Waals surface area contributed by atoms with Gasteiger partial charge < -0.3 is 40.5 Å². The zero-order valence-electron chi connectivity index (χ0n) is 33.2. The lowest BCUT2D eigenvalue weighted by Gasteiger charge is -2.16. The van der Waals surface area contributed by atoms with E-state index in [1.165, 1.54) is 34.4 Å². The van der Waals surface area contributed by atoms with Gasteiger partial charge in [-0.15, -0.1) is 12.8 Å². The van der Waals surface area contributed by atoms with Crippen LogP contribution in [-0.2, 0) is 33.8 Å². The first kappa shape index (κ1) is 45.3. The third kappa shape index (κ3) is 9.76. The lowest BCUT2D eigenvalue weighted by molar-refractivity contribution is -0.0465. The van der Waals surface area contributed by atoms with Crippen molar-refractivity contribution in [1.82, 2.24) is 43.8 Å². The van der Waals surface area contributed by atoms with E-state index in [0.717, 1.165) is 5.41 Å². The third-order valence-corrected chi connectivity index (χ3v) is 11.7. The molecule has 22 nitrogen and oxygen atoms in total. The molecule has 8 atom stereocenters. The van der Waals surface area contributed by atoms with Crippen LogP contribution in [0.1, 0.15) is 23.6 Å². The highest BCUT2D eigenvalue weighted by molar-refractivity contribution is 7.92. The predicted molar refractivity (Wildman–Crippen MR) is 230 cm³/mol. The minimum absolute atomic E-state index is 0.247. The van der Waals surface area contributed by atoms with Gasteiger partial charge in [0.2, 0.25) is 10.0 Å². The minimum Gasteiger partial charge on any atom is -0.387 e. The molecular formula is C40H39N11O11S2. The summed E-state index contributed by atoms with van der Waals surface area (Å²) in [7, 11) is -7.68. The molecule has 332 valence electrons. The van der Waals surface area contributed by atoms with Gasteiger partial charge in [-0.05, 0) is 36.4 Å². The molecule has 0 amide bonds. The molecule has 2 aromatic carbocycles. The van der Waals surface area contributed by atoms with E-state index >= 15 is 0 Å². The van der Waals surface area contributed by atoms with Gasteiger partial charge in [-0.2, -0.15) is 8.42 Å². The van der Waals surface area contributed by atoms with Crippen LogP contribution < -0.4 is 15.4 Å². The first-order valence-corrected chi connectivity index (χ1v) is 21.9. The van der Waals surface area contributed by atoms with Gasteiger partial charge in [0.25, 0.3) is 10.1 Å². The summed E-state index contributed by atoms with van der Waals surface area (Å²) in [4.78, 5) is 25.5. The number of benzene rings is 2. The summed E-state index contributed by atoms with van der Waals surface area (Å²) < 4.78 is 67.3. The quantitative estimate of drug-likeness (QED) is 0.0590. The van der Waals surface area contributed by atoms with Crippen LogP contribution in [0.4, 0.5) is 23.0 Å². The van der Waals surface area contributed by atoms with Crippen molar-refractivity contribution in [2.75, 3.05) is 23.8 Å². The standard InChI is InChI=1S/C20H20N6O5S.C20H19N5O6S/c1-3-12-6-5-7-13(8-12)25-18-15-19(22-10-21-18)26(11-23-15)20-17(28)16(27)14(31-20)9-24-32(29,30)4-2;1-3-12-6-5-7-13(8-12)24-18-15-19(22-10-21-18)25(11-23-15)20-17(27)16(26)14(31-20)9-30-32(28,29)4-2/h1,4-8,10-11,14,16-17,20,24,27-28H,2,9H2,(H,21,22,25);1,4-8,10-11,14,16-17,20,26-27H,2,9H2,(H,21,22,24). The highest BCUT2D eigenvalue weighted by Gasteiger charge is 2.46. The minimum atomic E-state index is -3.96. The molecule has 0 bridgehead atoms. The van der Waals surface area contributed by atoms with Gasteiger partial charge >= 0.3 is 0 Å². The van der Waals surface area contributed by atoms with Crippen molar-refractivity contribution in [3.8, 4) is 24.7 Å². The molecule has 2 fully saturated rings. The maximum Gasteiger partial charge on any atom is 0.289 e. The first-order valence-electron chi connectivity index (χ1n) is 18.9. The van der Waals surface area contributed by atoms with Gasteiger partial charge in [0.05, 0.1) is 24.7 Å². The van der Waals surface area contributed by atoms with Gasteiger partial charge in [0, 0.05) is 34.5 Å². The Morgan fingerprint density at radius 1 is 0.703 bits per heavy atom. The molecule has 2 saturated heterocycles. The van der Waals surface area contributed by atoms with E-state index in [9.17, 15) is 37.3 Å². The van der Waals surface area contributed by atoms with Crippen LogP contribution in [-0.4, -0.2) is 126 Å². The van der Waals surface area contributed by atoms with Gasteiger partial charge in [0.15, 0.2) is 46.4 Å². The molecule has 2 aliphatic heterocycles. The number of hydrogen-bond donors (Lipinski definition) is 7. The number of anilines is 4. The average molecular weight is 914 g/mol. The second-order valence-electron chi connectivity index (χ2n) is 13.9. The summed E-state index contributed by atoms with van der Waals surface area (Å²) in [5, 5.41) is 49.3. The summed E-state index contributed by atoms with van der Waals surface area (Å²) in [5.74, 6) is 5.92. The largest absolute Gasteiger partial charge is 0.387 e. The Morgan fingerprint density at radius 3 is 1.66 bits per heavy atom. The number of ether oxygens (including phenoxy) is 2. The number of rotatable bonds is 14. The van der Waals surface area contributed by atoms with E-state index < -0.39 is 75.8 Å². The van der Waals surface area contributed by atoms with Crippen LogP contribution >= 0.6 is 0 Å². The predicted octanol–water partition coefficient (Wildman–Crippen LogP) is 0.894. The number of aromatic nitrogens is 8. The van der Waals surface area contributed by atoms with Crippen molar-refractivity contribution in [3.05, 3.63) is 109 Å². The zero-order valence-corrected chi connectivity index (χ0v) is 34.9. The molecule has 2 aliphatic rings. The summed E-state index contributed by atoms with van der Waals surface area (Å²) in [6, 6.07) is 14.4. The summed E-state index contributed by atoms with van der Waals surface area (Å²) in [6.07, 6.45) is 6.62. The lowest BCUT2D eigenvalue weighted by Crippen LogP contribution is -2.39. The summed E-state index contributed by atoms with van der Waals surface area (Å²) in [5.41, 5.74) is 4.25. The van der Waals surface area contributed by atoms with Crippen LogP contribution in [0, 0.1) is 24.7 Å². The van der Waals surface area contributed by atoms with E-state index in [2.05, 4.69) is 70.3 Å². The van der Waals surface area contributed by atoms with Gasteiger partial charge in [-0.25, -0.2) is 43.0 Å². The van der Waals surface area contributed by atoms with Crippen molar-refractivity contribution in [2.45, 2.75) is 49.1 Å². The topological polar surface area (TPSA) is 300 Å². The van der Waals surface area contributed by atoms with Crippen molar-refractivity contribution in [2.24, 2.45) is 0 Å².